The summed E-state index contributed by atoms with van der Waals surface area (Å²) in [4.78, 5) is 10.4. The number of quaternary nitrogens is 1. The molecule has 0 amide bonds. The van der Waals surface area contributed by atoms with E-state index in [2.05, 4.69) is 0 Å². The van der Waals surface area contributed by atoms with Crippen LogP contribution in [-0.4, -0.2) is 94.1 Å². The molecule has 36 heavy (non-hydrogen) atoms. The van der Waals surface area contributed by atoms with Crippen LogP contribution in [0.25, 0.3) is 0 Å². The molecule has 0 aromatic heterocycles. The first-order valence-electron chi connectivity index (χ1n) is 9.53. The van der Waals surface area contributed by atoms with Crippen molar-refractivity contribution in [2.45, 2.75) is 55.1 Å². The third-order valence-electron chi connectivity index (χ3n) is 4.87. The maximum atomic E-state index is 13.7. The van der Waals surface area contributed by atoms with Crippen molar-refractivity contribution in [3.05, 3.63) is 0 Å². The van der Waals surface area contributed by atoms with Gasteiger partial charge in [0.15, 0.2) is 0 Å². The number of carboxylic acid groups (broad SMARTS) is 1. The van der Waals surface area contributed by atoms with E-state index in [9.17, 15) is 75.4 Å². The minimum atomic E-state index is -8.05. The summed E-state index contributed by atoms with van der Waals surface area (Å²) in [5.74, 6) is -41.4. The average Bonchev–Trinajstić information content (AvgIpc) is 2.67. The van der Waals surface area contributed by atoms with Gasteiger partial charge in [0, 0.05) is 31.8 Å². The fourth-order valence-corrected chi connectivity index (χ4v) is 3.66. The van der Waals surface area contributed by atoms with Crippen LogP contribution >= 0.6 is 0 Å². The van der Waals surface area contributed by atoms with Gasteiger partial charge in [0.25, 0.3) is 0 Å². The molecule has 0 saturated carbocycles. The Morgan fingerprint density at radius 1 is 0.778 bits per heavy atom. The van der Waals surface area contributed by atoms with Crippen LogP contribution in [0.2, 0.25) is 0 Å². The predicted molar refractivity (Wildman–Crippen MR) is 93.3 cm³/mol. The zero-order valence-electron chi connectivity index (χ0n) is 18.4. The van der Waals surface area contributed by atoms with Gasteiger partial charge < -0.3 is 14.4 Å². The maximum Gasteiger partial charge on any atom is 0.460 e. The smallest absolute Gasteiger partial charge is 0.460 e. The van der Waals surface area contributed by atoms with E-state index >= 15 is 0 Å². The van der Waals surface area contributed by atoms with Crippen molar-refractivity contribution >= 4 is 16.0 Å². The molecule has 20 heteroatoms. The highest BCUT2D eigenvalue weighted by atomic mass is 32.2. The molecule has 0 aromatic rings. The molecule has 216 valence electrons. The van der Waals surface area contributed by atoms with E-state index in [1.165, 1.54) is 14.1 Å². The Hall–Kier alpha value is -1.57. The number of alkyl halides is 13. The summed E-state index contributed by atoms with van der Waals surface area (Å²) < 4.78 is 194. The Labute approximate surface area is 196 Å². The predicted octanol–water partition coefficient (Wildman–Crippen LogP) is 2.64. The van der Waals surface area contributed by atoms with Crippen LogP contribution in [0.3, 0.4) is 0 Å². The summed E-state index contributed by atoms with van der Waals surface area (Å²) in [5, 5.41) is 10.4. The normalized spacial score (nSPS) is 15.3. The maximum absolute atomic E-state index is 13.7. The molecule has 1 N–H and O–H groups in total. The van der Waals surface area contributed by atoms with E-state index in [1.54, 1.807) is 4.72 Å². The summed E-state index contributed by atoms with van der Waals surface area (Å²) in [6, 6.07) is 0. The first kappa shape index (κ1) is 34.4. The molecule has 0 rings (SSSR count). The van der Waals surface area contributed by atoms with Crippen LogP contribution in [0.4, 0.5) is 57.1 Å². The number of carbonyl (C=O) groups is 1. The van der Waals surface area contributed by atoms with Gasteiger partial charge in [-0.25, -0.2) is 13.1 Å². The van der Waals surface area contributed by atoms with E-state index in [0.29, 0.717) is 0 Å². The molecule has 0 heterocycles. The highest BCUT2D eigenvalue weighted by Gasteiger charge is 2.90. The minimum Gasteiger partial charge on any atom is -0.550 e. The molecule has 0 fully saturated rings. The van der Waals surface area contributed by atoms with Gasteiger partial charge in [0.05, 0.1) is 32.9 Å². The molecule has 0 atom stereocenters. The number of aliphatic carboxylic acids is 1. The lowest BCUT2D eigenvalue weighted by Crippen LogP contribution is -2.70. The first-order chi connectivity index (χ1) is 15.6. The van der Waals surface area contributed by atoms with Gasteiger partial charge in [-0.3, -0.25) is 0 Å². The molecule has 0 aromatic carbocycles. The van der Waals surface area contributed by atoms with Crippen molar-refractivity contribution in [1.29, 1.82) is 0 Å². The van der Waals surface area contributed by atoms with E-state index in [4.69, 9.17) is 0 Å². The van der Waals surface area contributed by atoms with Crippen LogP contribution in [0.15, 0.2) is 0 Å². The van der Waals surface area contributed by atoms with Gasteiger partial charge in [-0.15, -0.1) is 0 Å². The van der Waals surface area contributed by atoms with Gasteiger partial charge in [-0.2, -0.15) is 57.1 Å². The zero-order chi connectivity index (χ0) is 29.2. The lowest BCUT2D eigenvalue weighted by molar-refractivity contribution is -0.890. The molecule has 0 bridgehead atoms. The number of carbonyl (C=O) groups excluding carboxylic acids is 1. The summed E-state index contributed by atoms with van der Waals surface area (Å²) in [7, 11) is -1.96. The number of hydrogen-bond donors (Lipinski definition) is 1. The summed E-state index contributed by atoms with van der Waals surface area (Å²) in [6.07, 6.45) is -10.9. The average molecular weight is 584 g/mol. The Morgan fingerprint density at radius 2 is 1.22 bits per heavy atom. The number of carboxylic acids is 1. The van der Waals surface area contributed by atoms with Crippen LogP contribution in [0.5, 0.6) is 0 Å². The third-order valence-corrected chi connectivity index (χ3v) is 6.25. The highest BCUT2D eigenvalue weighted by Crippen LogP contribution is 2.60. The number of nitrogens with one attached hydrogen (secondary N) is 1. The lowest BCUT2D eigenvalue weighted by atomic mass is 9.93. The first-order valence-corrected chi connectivity index (χ1v) is 11.2. The number of rotatable bonds is 15. The number of sulfonamides is 1. The van der Waals surface area contributed by atoms with Crippen molar-refractivity contribution in [2.24, 2.45) is 0 Å². The Kier molecular flexibility index (Phi) is 10.2. The minimum absolute atomic E-state index is 0.00581. The standard InChI is InChI=1S/C16H21F13N2O4S/c1-31(2,8-4-10(32)33)7-3-6-30-36(34,35)9-5-11(17,18)12(19,20)13(21,22)14(23,24)15(25,26)16(27,28)29/h30H,3-9H2,1-2H3. The third kappa shape index (κ3) is 7.48. The SMILES string of the molecule is C[N+](C)(CCCNS(=O)(=O)CCC(F)(F)C(F)(F)C(F)(F)C(F)(F)C(F)(F)C(F)(F)F)CCC(=O)[O-]. The second kappa shape index (κ2) is 10.7. The highest BCUT2D eigenvalue weighted by molar-refractivity contribution is 7.89. The van der Waals surface area contributed by atoms with Crippen molar-refractivity contribution in [3.63, 3.8) is 0 Å². The van der Waals surface area contributed by atoms with Gasteiger partial charge in [-0.05, 0) is 0 Å². The summed E-state index contributed by atoms with van der Waals surface area (Å²) in [6.45, 7) is -0.454. The van der Waals surface area contributed by atoms with Gasteiger partial charge >= 0.3 is 35.8 Å². The van der Waals surface area contributed by atoms with Crippen LogP contribution < -0.4 is 9.83 Å². The fourth-order valence-electron chi connectivity index (χ4n) is 2.53. The van der Waals surface area contributed by atoms with Gasteiger partial charge in [0.2, 0.25) is 10.0 Å². The Morgan fingerprint density at radius 3 is 1.64 bits per heavy atom. The number of nitrogens with zero attached hydrogens (tertiary/aromatic N) is 1. The van der Waals surface area contributed by atoms with Gasteiger partial charge in [0.1, 0.15) is 0 Å². The van der Waals surface area contributed by atoms with Crippen molar-refractivity contribution in [3.8, 4) is 0 Å². The summed E-state index contributed by atoms with van der Waals surface area (Å²) >= 11 is 0. The topological polar surface area (TPSA) is 86.3 Å². The molecular weight excluding hydrogens is 563 g/mol. The van der Waals surface area contributed by atoms with E-state index in [0.717, 1.165) is 0 Å². The second-order valence-corrected chi connectivity index (χ2v) is 10.2. The molecule has 0 aliphatic rings. The van der Waals surface area contributed by atoms with Crippen molar-refractivity contribution in [2.75, 3.05) is 39.5 Å². The zero-order valence-corrected chi connectivity index (χ0v) is 19.2. The fraction of sp³-hybridized carbons (Fsp3) is 0.938. The van der Waals surface area contributed by atoms with Crippen molar-refractivity contribution < 1.29 is 79.9 Å². The number of hydrogen-bond acceptors (Lipinski definition) is 4. The molecule has 6 nitrogen and oxygen atoms in total. The Balaban J connectivity index is 5.39. The van der Waals surface area contributed by atoms with E-state index in [-0.39, 0.29) is 30.4 Å². The molecule has 0 unspecified atom stereocenters. The van der Waals surface area contributed by atoms with Crippen LogP contribution in [-0.2, 0) is 14.8 Å². The monoisotopic (exact) mass is 584 g/mol. The molecule has 0 aliphatic heterocycles. The molecular formula is C16H21F13N2O4S. The van der Waals surface area contributed by atoms with Crippen LogP contribution in [0.1, 0.15) is 19.3 Å². The Bertz CT molecular complexity index is 874. The number of halogens is 13. The van der Waals surface area contributed by atoms with Crippen molar-refractivity contribution in [1.82, 2.24) is 4.72 Å². The molecule has 0 saturated heterocycles. The molecule has 0 aliphatic carbocycles. The quantitative estimate of drug-likeness (QED) is 0.182. The van der Waals surface area contributed by atoms with E-state index in [1.807, 2.05) is 0 Å². The largest absolute Gasteiger partial charge is 0.550 e. The van der Waals surface area contributed by atoms with E-state index < -0.39 is 70.5 Å². The molecule has 0 radical (unpaired) electrons. The van der Waals surface area contributed by atoms with Gasteiger partial charge in [-0.1, -0.05) is 0 Å². The lowest BCUT2D eigenvalue weighted by Gasteiger charge is -2.39. The molecule has 0 spiro atoms. The summed E-state index contributed by atoms with van der Waals surface area (Å²) in [5.41, 5.74) is 0. The van der Waals surface area contributed by atoms with Crippen LogP contribution in [0, 0.1) is 0 Å². The second-order valence-electron chi connectivity index (χ2n) is 8.32.